The van der Waals surface area contributed by atoms with Gasteiger partial charge in [-0.05, 0) is 12.5 Å². The van der Waals surface area contributed by atoms with Crippen molar-refractivity contribution < 1.29 is 9.53 Å². The summed E-state index contributed by atoms with van der Waals surface area (Å²) in [5.74, 6) is 0. The van der Waals surface area contributed by atoms with Gasteiger partial charge in [-0.25, -0.2) is 4.79 Å². The van der Waals surface area contributed by atoms with E-state index in [9.17, 15) is 4.79 Å². The topological polar surface area (TPSA) is 62.1 Å². The number of nitriles is 1. The zero-order valence-electron chi connectivity index (χ0n) is 8.65. The van der Waals surface area contributed by atoms with Gasteiger partial charge in [0.2, 0.25) is 0 Å². The molecule has 1 N–H and O–H groups in total. The first-order valence-electron chi connectivity index (χ1n) is 4.48. The third kappa shape index (κ3) is 2.99. The van der Waals surface area contributed by atoms with E-state index in [4.69, 9.17) is 5.26 Å². The average molecular weight is 204 g/mol. The largest absolute Gasteiger partial charge is 0.453 e. The van der Waals surface area contributed by atoms with E-state index in [2.05, 4.69) is 10.1 Å². The van der Waals surface area contributed by atoms with Gasteiger partial charge in [-0.3, -0.25) is 0 Å². The first-order valence-corrected chi connectivity index (χ1v) is 4.48. The Morgan fingerprint density at radius 3 is 2.53 bits per heavy atom. The molecule has 1 aromatic rings. The second kappa shape index (κ2) is 5.01. The van der Waals surface area contributed by atoms with Crippen LogP contribution in [0.5, 0.6) is 0 Å². The molecule has 0 radical (unpaired) electrons. The molecule has 0 heterocycles. The lowest BCUT2D eigenvalue weighted by atomic mass is 10.1. The van der Waals surface area contributed by atoms with Crippen molar-refractivity contribution in [2.75, 3.05) is 7.11 Å². The summed E-state index contributed by atoms with van der Waals surface area (Å²) < 4.78 is 4.43. The summed E-state index contributed by atoms with van der Waals surface area (Å²) >= 11 is 0. The second-order valence-electron chi connectivity index (χ2n) is 3.11. The Kier molecular flexibility index (Phi) is 3.69. The number of hydrogen-bond donors (Lipinski definition) is 1. The number of carbonyl (C=O) groups is 1. The van der Waals surface area contributed by atoms with Crippen molar-refractivity contribution in [2.24, 2.45) is 0 Å². The summed E-state index contributed by atoms with van der Waals surface area (Å²) in [6.07, 6.45) is -0.609. The molecule has 1 amide bonds. The van der Waals surface area contributed by atoms with E-state index >= 15 is 0 Å². The number of methoxy groups -OCH3 is 1. The molecule has 1 atom stereocenters. The molecule has 4 heteroatoms. The van der Waals surface area contributed by atoms with Crippen LogP contribution in [-0.4, -0.2) is 13.2 Å². The molecule has 0 aliphatic carbocycles. The zero-order chi connectivity index (χ0) is 11.3. The third-order valence-corrected chi connectivity index (χ3v) is 1.99. The van der Waals surface area contributed by atoms with Crippen LogP contribution in [-0.2, 0) is 4.74 Å². The monoisotopic (exact) mass is 204 g/mol. The quantitative estimate of drug-likeness (QED) is 0.800. The highest BCUT2D eigenvalue weighted by molar-refractivity contribution is 5.68. The molecule has 0 fully saturated rings. The molecule has 0 saturated carbocycles. The van der Waals surface area contributed by atoms with Crippen LogP contribution >= 0.6 is 0 Å². The van der Waals surface area contributed by atoms with Crippen LogP contribution in [0.15, 0.2) is 24.3 Å². The minimum absolute atomic E-state index is 0.609. The first kappa shape index (κ1) is 11.1. The minimum Gasteiger partial charge on any atom is -0.453 e. The van der Waals surface area contributed by atoms with E-state index < -0.39 is 12.1 Å². The van der Waals surface area contributed by atoms with Crippen LogP contribution in [0, 0.1) is 18.3 Å². The summed E-state index contributed by atoms with van der Waals surface area (Å²) in [5.41, 5.74) is 1.85. The number of nitrogens with one attached hydrogen (secondary N) is 1. The van der Waals surface area contributed by atoms with Crippen molar-refractivity contribution in [3.8, 4) is 6.07 Å². The first-order chi connectivity index (χ1) is 7.17. The molecule has 78 valence electrons. The van der Waals surface area contributed by atoms with Gasteiger partial charge in [0, 0.05) is 0 Å². The third-order valence-electron chi connectivity index (χ3n) is 1.99. The molecular formula is C11H12N2O2. The van der Waals surface area contributed by atoms with Crippen LogP contribution in [0.4, 0.5) is 4.79 Å². The van der Waals surface area contributed by atoms with E-state index in [0.29, 0.717) is 0 Å². The minimum atomic E-state index is -0.668. The van der Waals surface area contributed by atoms with Crippen molar-refractivity contribution in [1.82, 2.24) is 5.32 Å². The number of hydrogen-bond acceptors (Lipinski definition) is 3. The lowest BCUT2D eigenvalue weighted by molar-refractivity contribution is 0.169. The molecule has 15 heavy (non-hydrogen) atoms. The smallest absolute Gasteiger partial charge is 0.408 e. The molecule has 0 aliphatic rings. The maximum Gasteiger partial charge on any atom is 0.408 e. The van der Waals surface area contributed by atoms with Gasteiger partial charge >= 0.3 is 6.09 Å². The number of aryl methyl sites for hydroxylation is 1. The summed E-state index contributed by atoms with van der Waals surface area (Å²) in [4.78, 5) is 10.9. The fourth-order valence-electron chi connectivity index (χ4n) is 1.13. The Hall–Kier alpha value is -2.02. The van der Waals surface area contributed by atoms with Crippen LogP contribution in [0.1, 0.15) is 17.2 Å². The lowest BCUT2D eigenvalue weighted by Gasteiger charge is -2.10. The van der Waals surface area contributed by atoms with Crippen LogP contribution < -0.4 is 5.32 Å². The molecule has 1 rings (SSSR count). The molecule has 1 aromatic carbocycles. The molecule has 0 bridgehead atoms. The van der Waals surface area contributed by atoms with Crippen molar-refractivity contribution in [1.29, 1.82) is 5.26 Å². The van der Waals surface area contributed by atoms with Gasteiger partial charge in [-0.2, -0.15) is 5.26 Å². The standard InChI is InChI=1S/C11H12N2O2/c1-8-3-5-9(6-4-8)10(7-12)13-11(14)15-2/h3-6,10H,1-2H3,(H,13,14). The highest BCUT2D eigenvalue weighted by Gasteiger charge is 2.13. The summed E-state index contributed by atoms with van der Waals surface area (Å²) in [5, 5.41) is 11.3. The number of carbonyl (C=O) groups excluding carboxylic acids is 1. The maximum atomic E-state index is 10.9. The van der Waals surface area contributed by atoms with Gasteiger partial charge < -0.3 is 10.1 Å². The fourth-order valence-corrected chi connectivity index (χ4v) is 1.13. The molecule has 0 spiro atoms. The van der Waals surface area contributed by atoms with Gasteiger partial charge in [-0.15, -0.1) is 0 Å². The van der Waals surface area contributed by atoms with Crippen LogP contribution in [0.3, 0.4) is 0 Å². The Balaban J connectivity index is 2.80. The van der Waals surface area contributed by atoms with E-state index in [1.54, 1.807) is 12.1 Å². The SMILES string of the molecule is COC(=O)NC(C#N)c1ccc(C)cc1. The highest BCUT2D eigenvalue weighted by Crippen LogP contribution is 2.12. The Bertz CT molecular complexity index is 379. The summed E-state index contributed by atoms with van der Waals surface area (Å²) in [7, 11) is 1.26. The van der Waals surface area contributed by atoms with Crippen molar-refractivity contribution in [3.63, 3.8) is 0 Å². The number of rotatable bonds is 2. The maximum absolute atomic E-state index is 10.9. The zero-order valence-corrected chi connectivity index (χ0v) is 8.65. The van der Waals surface area contributed by atoms with Gasteiger partial charge in [0.1, 0.15) is 6.04 Å². The van der Waals surface area contributed by atoms with Crippen LogP contribution in [0.2, 0.25) is 0 Å². The van der Waals surface area contributed by atoms with E-state index in [-0.39, 0.29) is 0 Å². The molecule has 0 saturated heterocycles. The molecule has 0 aliphatic heterocycles. The van der Waals surface area contributed by atoms with Gasteiger partial charge in [0.15, 0.2) is 0 Å². The van der Waals surface area contributed by atoms with E-state index in [1.807, 2.05) is 25.1 Å². The molecule has 4 nitrogen and oxygen atoms in total. The highest BCUT2D eigenvalue weighted by atomic mass is 16.5. The number of benzene rings is 1. The molecule has 1 unspecified atom stereocenters. The van der Waals surface area contributed by atoms with E-state index in [0.717, 1.165) is 11.1 Å². The Morgan fingerprint density at radius 1 is 1.47 bits per heavy atom. The van der Waals surface area contributed by atoms with Gasteiger partial charge in [-0.1, -0.05) is 29.8 Å². The van der Waals surface area contributed by atoms with Crippen molar-refractivity contribution in [2.45, 2.75) is 13.0 Å². The van der Waals surface area contributed by atoms with Crippen molar-refractivity contribution in [3.05, 3.63) is 35.4 Å². The Labute approximate surface area is 88.5 Å². The number of ether oxygens (including phenoxy) is 1. The van der Waals surface area contributed by atoms with Gasteiger partial charge in [0.05, 0.1) is 13.2 Å². The van der Waals surface area contributed by atoms with Crippen molar-refractivity contribution >= 4 is 6.09 Å². The average Bonchev–Trinajstić information content (AvgIpc) is 2.27. The fraction of sp³-hybridized carbons (Fsp3) is 0.273. The van der Waals surface area contributed by atoms with Crippen LogP contribution in [0.25, 0.3) is 0 Å². The predicted molar refractivity (Wildman–Crippen MR) is 55.1 cm³/mol. The second-order valence-corrected chi connectivity index (χ2v) is 3.11. The molecular weight excluding hydrogens is 192 g/mol. The summed E-state index contributed by atoms with van der Waals surface area (Å²) in [6, 6.07) is 8.71. The Morgan fingerprint density at radius 2 is 2.07 bits per heavy atom. The number of nitrogens with zero attached hydrogens (tertiary/aromatic N) is 1. The number of amides is 1. The predicted octanol–water partition coefficient (Wildman–Crippen LogP) is 1.92. The normalized spacial score (nSPS) is 11.3. The molecule has 0 aromatic heterocycles. The van der Waals surface area contributed by atoms with Gasteiger partial charge in [0.25, 0.3) is 0 Å². The number of alkyl carbamates (subject to hydrolysis) is 1. The lowest BCUT2D eigenvalue weighted by Crippen LogP contribution is -2.27. The summed E-state index contributed by atoms with van der Waals surface area (Å²) in [6.45, 7) is 1.96. The van der Waals surface area contributed by atoms with E-state index in [1.165, 1.54) is 7.11 Å².